The van der Waals surface area contributed by atoms with Crippen molar-refractivity contribution in [3.05, 3.63) is 28.9 Å². The fraction of sp³-hybridized carbons (Fsp3) is 0.571. The summed E-state index contributed by atoms with van der Waals surface area (Å²) in [6.45, 7) is 5.80. The Morgan fingerprint density at radius 1 is 1.48 bits per heavy atom. The summed E-state index contributed by atoms with van der Waals surface area (Å²) in [5.74, 6) is 0.799. The summed E-state index contributed by atoms with van der Waals surface area (Å²) in [4.78, 5) is 12.1. The molecule has 2 heterocycles. The highest BCUT2D eigenvalue weighted by atomic mass is 16.5. The van der Waals surface area contributed by atoms with Gasteiger partial charge in [-0.25, -0.2) is 0 Å². The molecule has 0 aliphatic carbocycles. The van der Waals surface area contributed by atoms with E-state index in [1.165, 1.54) is 0 Å². The Morgan fingerprint density at radius 2 is 2.29 bits per heavy atom. The van der Waals surface area contributed by atoms with E-state index in [1.54, 1.807) is 6.20 Å². The molecule has 1 amide bonds. The number of nitrogens with zero attached hydrogens (tertiary/aromatic N) is 3. The molecular formula is C14H21N5O2. The standard InChI is InChI=1S/C14H21N5O2/c1-4-12(14-9(2)18-21-10(14)3)16-13(20)7-5-6-11-8-15-19-17-11/h8,12H,4-7H2,1-3H3,(H,16,20)(H,15,17,19). The maximum absolute atomic E-state index is 12.1. The molecule has 1 unspecified atom stereocenters. The Hall–Kier alpha value is -2.18. The average Bonchev–Trinajstić information content (AvgIpc) is 3.07. The smallest absolute Gasteiger partial charge is 0.220 e. The number of nitrogens with one attached hydrogen (secondary N) is 2. The van der Waals surface area contributed by atoms with Crippen LogP contribution >= 0.6 is 0 Å². The van der Waals surface area contributed by atoms with Crippen LogP contribution in [0.1, 0.15) is 54.9 Å². The Labute approximate surface area is 123 Å². The van der Waals surface area contributed by atoms with E-state index in [2.05, 4.69) is 25.9 Å². The SMILES string of the molecule is CCC(NC(=O)CCCc1cn[nH]n1)c1c(C)noc1C. The molecule has 0 spiro atoms. The first-order chi connectivity index (χ1) is 10.1. The molecule has 0 bridgehead atoms. The monoisotopic (exact) mass is 291 g/mol. The summed E-state index contributed by atoms with van der Waals surface area (Å²) in [6.07, 6.45) is 4.43. The molecule has 0 radical (unpaired) electrons. The number of rotatable bonds is 7. The Balaban J connectivity index is 1.85. The summed E-state index contributed by atoms with van der Waals surface area (Å²) < 4.78 is 5.17. The molecule has 21 heavy (non-hydrogen) atoms. The molecule has 2 rings (SSSR count). The zero-order valence-corrected chi connectivity index (χ0v) is 12.6. The van der Waals surface area contributed by atoms with Crippen LogP contribution in [0, 0.1) is 13.8 Å². The third-order valence-corrected chi connectivity index (χ3v) is 3.48. The second-order valence-electron chi connectivity index (χ2n) is 5.08. The van der Waals surface area contributed by atoms with Crippen LogP contribution in [0.2, 0.25) is 0 Å². The van der Waals surface area contributed by atoms with Crippen molar-refractivity contribution < 1.29 is 9.32 Å². The van der Waals surface area contributed by atoms with Gasteiger partial charge in [-0.2, -0.15) is 15.4 Å². The van der Waals surface area contributed by atoms with Gasteiger partial charge in [0, 0.05) is 12.0 Å². The summed E-state index contributed by atoms with van der Waals surface area (Å²) in [6, 6.07) is -0.0456. The van der Waals surface area contributed by atoms with Crippen molar-refractivity contribution in [1.82, 2.24) is 25.9 Å². The molecular weight excluding hydrogens is 270 g/mol. The van der Waals surface area contributed by atoms with Gasteiger partial charge in [-0.15, -0.1) is 0 Å². The quantitative estimate of drug-likeness (QED) is 0.813. The fourth-order valence-corrected chi connectivity index (χ4v) is 2.41. The number of aromatic nitrogens is 4. The van der Waals surface area contributed by atoms with Gasteiger partial charge in [0.15, 0.2) is 0 Å². The van der Waals surface area contributed by atoms with E-state index in [0.717, 1.165) is 42.0 Å². The number of hydrogen-bond donors (Lipinski definition) is 2. The topological polar surface area (TPSA) is 96.7 Å². The second-order valence-corrected chi connectivity index (χ2v) is 5.08. The van der Waals surface area contributed by atoms with Crippen LogP contribution in [0.3, 0.4) is 0 Å². The first-order valence-corrected chi connectivity index (χ1v) is 7.18. The molecule has 0 saturated carbocycles. The number of aryl methyl sites for hydroxylation is 3. The lowest BCUT2D eigenvalue weighted by Gasteiger charge is -2.16. The van der Waals surface area contributed by atoms with Gasteiger partial charge in [0.1, 0.15) is 5.76 Å². The van der Waals surface area contributed by atoms with Crippen LogP contribution in [-0.4, -0.2) is 26.5 Å². The molecule has 0 aliphatic heterocycles. The third-order valence-electron chi connectivity index (χ3n) is 3.48. The van der Waals surface area contributed by atoms with E-state index in [4.69, 9.17) is 4.52 Å². The summed E-state index contributed by atoms with van der Waals surface area (Å²) in [5.41, 5.74) is 2.70. The first kappa shape index (κ1) is 15.2. The third kappa shape index (κ3) is 3.90. The van der Waals surface area contributed by atoms with E-state index in [1.807, 2.05) is 20.8 Å². The number of amides is 1. The van der Waals surface area contributed by atoms with Crippen molar-refractivity contribution >= 4 is 5.91 Å². The molecule has 2 N–H and O–H groups in total. The van der Waals surface area contributed by atoms with Gasteiger partial charge in [-0.3, -0.25) is 4.79 Å². The Bertz CT molecular complexity index is 557. The van der Waals surface area contributed by atoms with Gasteiger partial charge in [0.2, 0.25) is 5.91 Å². The summed E-state index contributed by atoms with van der Waals surface area (Å²) >= 11 is 0. The van der Waals surface area contributed by atoms with Crippen LogP contribution in [0.5, 0.6) is 0 Å². The molecule has 0 aliphatic rings. The Kier molecular flexibility index (Phi) is 5.08. The van der Waals surface area contributed by atoms with Gasteiger partial charge in [0.05, 0.1) is 23.6 Å². The lowest BCUT2D eigenvalue weighted by atomic mass is 10.0. The zero-order chi connectivity index (χ0) is 15.2. The number of H-pyrrole nitrogens is 1. The molecule has 7 nitrogen and oxygen atoms in total. The highest BCUT2D eigenvalue weighted by molar-refractivity contribution is 5.76. The molecule has 0 saturated heterocycles. The Morgan fingerprint density at radius 3 is 2.86 bits per heavy atom. The van der Waals surface area contributed by atoms with Crippen LogP contribution in [0.4, 0.5) is 0 Å². The summed E-state index contributed by atoms with van der Waals surface area (Å²) in [5, 5.41) is 17.3. The molecule has 2 aromatic heterocycles. The number of aromatic amines is 1. The van der Waals surface area contributed by atoms with E-state index < -0.39 is 0 Å². The van der Waals surface area contributed by atoms with Gasteiger partial charge >= 0.3 is 0 Å². The zero-order valence-electron chi connectivity index (χ0n) is 12.6. The van der Waals surface area contributed by atoms with Crippen LogP contribution in [0.15, 0.2) is 10.7 Å². The highest BCUT2D eigenvalue weighted by Gasteiger charge is 2.20. The molecule has 0 fully saturated rings. The number of carbonyl (C=O) groups is 1. The number of hydrogen-bond acceptors (Lipinski definition) is 5. The van der Waals surface area contributed by atoms with E-state index in [9.17, 15) is 4.79 Å². The predicted molar refractivity (Wildman–Crippen MR) is 76.5 cm³/mol. The summed E-state index contributed by atoms with van der Waals surface area (Å²) in [7, 11) is 0. The molecule has 0 aromatic carbocycles. The molecule has 114 valence electrons. The van der Waals surface area contributed by atoms with Crippen LogP contribution in [0.25, 0.3) is 0 Å². The largest absolute Gasteiger partial charge is 0.361 e. The normalized spacial score (nSPS) is 12.3. The lowest BCUT2D eigenvalue weighted by molar-refractivity contribution is -0.122. The van der Waals surface area contributed by atoms with Crippen molar-refractivity contribution in [3.8, 4) is 0 Å². The second kappa shape index (κ2) is 7.01. The number of carbonyl (C=O) groups excluding carboxylic acids is 1. The van der Waals surface area contributed by atoms with Gasteiger partial charge < -0.3 is 9.84 Å². The van der Waals surface area contributed by atoms with Gasteiger partial charge in [-0.05, 0) is 33.1 Å². The first-order valence-electron chi connectivity index (χ1n) is 7.18. The van der Waals surface area contributed by atoms with Crippen molar-refractivity contribution in [2.75, 3.05) is 0 Å². The maximum Gasteiger partial charge on any atom is 0.220 e. The predicted octanol–water partition coefficient (Wildman–Crippen LogP) is 2.00. The van der Waals surface area contributed by atoms with E-state index >= 15 is 0 Å². The van der Waals surface area contributed by atoms with Crippen molar-refractivity contribution in [1.29, 1.82) is 0 Å². The van der Waals surface area contributed by atoms with E-state index in [-0.39, 0.29) is 11.9 Å². The van der Waals surface area contributed by atoms with Gasteiger partial charge in [0.25, 0.3) is 0 Å². The molecule has 1 atom stereocenters. The van der Waals surface area contributed by atoms with Crippen molar-refractivity contribution in [3.63, 3.8) is 0 Å². The van der Waals surface area contributed by atoms with Crippen molar-refractivity contribution in [2.24, 2.45) is 0 Å². The van der Waals surface area contributed by atoms with Crippen LogP contribution in [-0.2, 0) is 11.2 Å². The average molecular weight is 291 g/mol. The lowest BCUT2D eigenvalue weighted by Crippen LogP contribution is -2.28. The molecule has 2 aromatic rings. The maximum atomic E-state index is 12.1. The van der Waals surface area contributed by atoms with Gasteiger partial charge in [-0.1, -0.05) is 12.1 Å². The molecule has 7 heteroatoms. The van der Waals surface area contributed by atoms with Crippen LogP contribution < -0.4 is 5.32 Å². The fourth-order valence-electron chi connectivity index (χ4n) is 2.41. The minimum Gasteiger partial charge on any atom is -0.361 e. The minimum atomic E-state index is -0.0456. The minimum absolute atomic E-state index is 0.0327. The highest BCUT2D eigenvalue weighted by Crippen LogP contribution is 2.24. The van der Waals surface area contributed by atoms with Crippen molar-refractivity contribution in [2.45, 2.75) is 52.5 Å². The van der Waals surface area contributed by atoms with E-state index in [0.29, 0.717) is 6.42 Å².